The van der Waals surface area contributed by atoms with Crippen molar-refractivity contribution in [2.75, 3.05) is 45.2 Å². The van der Waals surface area contributed by atoms with Crippen molar-refractivity contribution in [3.63, 3.8) is 0 Å². The number of amides is 4. The maximum Gasteiger partial charge on any atom is 0.249 e. The number of para-hydroxylation sites is 1. The maximum atomic E-state index is 15.7. The van der Waals surface area contributed by atoms with E-state index in [4.69, 9.17) is 10.5 Å². The predicted molar refractivity (Wildman–Crippen MR) is 243 cm³/mol. The normalized spacial score (nSPS) is 17.0. The lowest BCUT2D eigenvalue weighted by Gasteiger charge is -2.44. The van der Waals surface area contributed by atoms with Gasteiger partial charge in [0.25, 0.3) is 0 Å². The van der Waals surface area contributed by atoms with Crippen LogP contribution in [0.15, 0.2) is 84.9 Å². The van der Waals surface area contributed by atoms with E-state index >= 15 is 4.79 Å². The molecule has 13 heteroatoms. The van der Waals surface area contributed by atoms with Crippen LogP contribution in [0.2, 0.25) is 0 Å². The van der Waals surface area contributed by atoms with Crippen LogP contribution in [0, 0.1) is 11.8 Å². The van der Waals surface area contributed by atoms with Gasteiger partial charge in [0.1, 0.15) is 20.6 Å². The summed E-state index contributed by atoms with van der Waals surface area (Å²) in [6.07, 6.45) is 1.19. The molecule has 1 heterocycles. The van der Waals surface area contributed by atoms with Crippen molar-refractivity contribution in [3.8, 4) is 0 Å². The average Bonchev–Trinajstić information content (AvgIpc) is 3.21. The molecule has 5 atom stereocenters. The third-order valence-corrected chi connectivity index (χ3v) is 12.8. The number of carbonyl (C=O) groups excluding carboxylic acids is 5. The van der Waals surface area contributed by atoms with Crippen molar-refractivity contribution < 1.29 is 33.8 Å². The number of likely N-dealkylation sites (N-methyl/N-ethyl adjacent to an activating group) is 1. The third kappa shape index (κ3) is 12.2. The van der Waals surface area contributed by atoms with Crippen LogP contribution in [-0.4, -0.2) is 101 Å². The number of nitrogens with one attached hydrogen (secondary N) is 2. The number of hydrogen-bond donors (Lipinski definition) is 4. The SMILES string of the molecule is CCC[C@H](C(N)=O)[C@](C[C@H](C)c1ccccc1)(NC(=O)CN1CCOCC1)C(=O)N(C)C(Cc1ccccc1)C(=O)Nc1ccccc1[C@@](I)(CC(C)C)C(=O)C(C)(C)O. The van der Waals surface area contributed by atoms with Crippen LogP contribution < -0.4 is 16.4 Å². The van der Waals surface area contributed by atoms with Crippen LogP contribution in [0.3, 0.4) is 0 Å². The summed E-state index contributed by atoms with van der Waals surface area (Å²) in [5.74, 6) is -4.15. The van der Waals surface area contributed by atoms with Gasteiger partial charge in [-0.15, -0.1) is 0 Å². The number of halogens is 1. The standard InChI is InChI=1S/C47H64IN5O7/c1-8-17-37(41(49)55)47(30-33(4)35-20-13-10-14-21-35,51-40(54)31-53-24-26-60-27-25-53)44(58)52(7)39(28-34-18-11-9-12-19-34)42(56)50-38-23-16-15-22-36(38)46(48,29-32(2)3)43(57)45(5,6)59/h9-16,18-23,32-33,37,39,59H,8,17,24-31H2,1-7H3,(H2,49,55)(H,50,56)(H,51,54)/t33-,37+,39?,46-,47-/m0/s1. The lowest BCUT2D eigenvalue weighted by atomic mass is 9.72. The van der Waals surface area contributed by atoms with Crippen molar-refractivity contribution in [1.29, 1.82) is 0 Å². The first-order valence-electron chi connectivity index (χ1n) is 21.0. The molecule has 3 aromatic carbocycles. The van der Waals surface area contributed by atoms with Crippen LogP contribution >= 0.6 is 22.6 Å². The van der Waals surface area contributed by atoms with Crippen LogP contribution in [0.1, 0.15) is 89.8 Å². The van der Waals surface area contributed by atoms with Gasteiger partial charge in [-0.2, -0.15) is 0 Å². The summed E-state index contributed by atoms with van der Waals surface area (Å²) in [6.45, 7) is 12.7. The highest BCUT2D eigenvalue weighted by molar-refractivity contribution is 14.1. The molecule has 0 aliphatic carbocycles. The molecule has 1 aliphatic heterocycles. The van der Waals surface area contributed by atoms with E-state index in [9.17, 15) is 24.3 Å². The molecule has 0 radical (unpaired) electrons. The van der Waals surface area contributed by atoms with Crippen LogP contribution in [0.5, 0.6) is 0 Å². The molecule has 5 N–H and O–H groups in total. The number of ether oxygens (including phenoxy) is 1. The minimum atomic E-state index is -1.85. The number of hydrogen-bond acceptors (Lipinski definition) is 8. The Morgan fingerprint density at radius 2 is 1.48 bits per heavy atom. The number of anilines is 1. The molecular weight excluding hydrogens is 873 g/mol. The first kappa shape index (κ1) is 48.5. The number of ketones is 1. The van der Waals surface area contributed by atoms with Crippen molar-refractivity contribution in [3.05, 3.63) is 102 Å². The summed E-state index contributed by atoms with van der Waals surface area (Å²) in [5.41, 5.74) is 5.24. The summed E-state index contributed by atoms with van der Waals surface area (Å²) < 4.78 is 4.29. The fourth-order valence-corrected chi connectivity index (χ4v) is 10.4. The largest absolute Gasteiger partial charge is 0.383 e. The fraction of sp³-hybridized carbons (Fsp3) is 0.511. The Kier molecular flexibility index (Phi) is 17.4. The molecule has 4 rings (SSSR count). The number of alkyl halides is 1. The molecule has 3 aromatic rings. The first-order valence-corrected chi connectivity index (χ1v) is 22.0. The zero-order valence-electron chi connectivity index (χ0n) is 36.2. The third-order valence-electron chi connectivity index (χ3n) is 11.3. The van der Waals surface area contributed by atoms with Crippen molar-refractivity contribution >= 4 is 57.7 Å². The summed E-state index contributed by atoms with van der Waals surface area (Å²) in [7, 11) is 1.53. The number of benzene rings is 3. The molecule has 1 fully saturated rings. The van der Waals surface area contributed by atoms with Gasteiger partial charge in [0.15, 0.2) is 5.78 Å². The Morgan fingerprint density at radius 1 is 0.900 bits per heavy atom. The number of carbonyl (C=O) groups is 5. The van der Waals surface area contributed by atoms with Crippen LogP contribution in [-0.2, 0) is 38.6 Å². The molecule has 1 saturated heterocycles. The predicted octanol–water partition coefficient (Wildman–Crippen LogP) is 5.99. The smallest absolute Gasteiger partial charge is 0.249 e. The van der Waals surface area contributed by atoms with E-state index in [1.54, 1.807) is 24.3 Å². The molecule has 0 saturated carbocycles. The molecule has 1 aliphatic rings. The van der Waals surface area contributed by atoms with E-state index in [1.807, 2.05) is 93.3 Å². The van der Waals surface area contributed by atoms with Gasteiger partial charge in [0.2, 0.25) is 23.6 Å². The van der Waals surface area contributed by atoms with Gasteiger partial charge >= 0.3 is 0 Å². The molecular formula is C47H64IN5O7. The Labute approximate surface area is 369 Å². The van der Waals surface area contributed by atoms with Gasteiger partial charge in [-0.05, 0) is 67.7 Å². The van der Waals surface area contributed by atoms with E-state index in [1.165, 1.54) is 25.8 Å². The second-order valence-corrected chi connectivity index (χ2v) is 19.0. The molecule has 0 bridgehead atoms. The fourth-order valence-electron chi connectivity index (χ4n) is 8.35. The van der Waals surface area contributed by atoms with Crippen LogP contribution in [0.4, 0.5) is 5.69 Å². The number of rotatable bonds is 21. The Balaban J connectivity index is 1.88. The molecule has 0 aromatic heterocycles. The highest BCUT2D eigenvalue weighted by Crippen LogP contribution is 2.45. The minimum Gasteiger partial charge on any atom is -0.383 e. The monoisotopic (exact) mass is 937 g/mol. The number of aliphatic hydroxyl groups is 1. The van der Waals surface area contributed by atoms with Gasteiger partial charge in [0.05, 0.1) is 25.7 Å². The average molecular weight is 938 g/mol. The Morgan fingerprint density at radius 3 is 2.05 bits per heavy atom. The second-order valence-electron chi connectivity index (χ2n) is 17.1. The number of nitrogens with two attached hydrogens (primary N) is 1. The molecule has 4 amide bonds. The van der Waals surface area contributed by atoms with Crippen molar-refractivity contribution in [2.24, 2.45) is 17.6 Å². The topological polar surface area (TPSA) is 171 Å². The molecule has 1 unspecified atom stereocenters. The van der Waals surface area contributed by atoms with E-state index in [-0.39, 0.29) is 37.6 Å². The van der Waals surface area contributed by atoms with Gasteiger partial charge in [-0.1, -0.05) is 136 Å². The van der Waals surface area contributed by atoms with Gasteiger partial charge < -0.3 is 31.1 Å². The zero-order chi connectivity index (χ0) is 44.3. The van der Waals surface area contributed by atoms with Crippen molar-refractivity contribution in [1.82, 2.24) is 15.1 Å². The number of Topliss-reactive ketones (excluding diaryl/α,β-unsaturated/α-hetero) is 1. The number of primary amides is 1. The zero-order valence-corrected chi connectivity index (χ0v) is 38.4. The maximum absolute atomic E-state index is 15.7. The summed E-state index contributed by atoms with van der Waals surface area (Å²) in [6, 6.07) is 24.7. The Hall–Kier alpha value is -4.18. The molecule has 12 nitrogen and oxygen atoms in total. The van der Waals surface area contributed by atoms with E-state index in [0.717, 1.165) is 11.1 Å². The molecule has 326 valence electrons. The molecule has 0 spiro atoms. The lowest BCUT2D eigenvalue weighted by molar-refractivity contribution is -0.151. The lowest BCUT2D eigenvalue weighted by Crippen LogP contribution is -2.68. The van der Waals surface area contributed by atoms with E-state index < -0.39 is 55.9 Å². The first-order chi connectivity index (χ1) is 28.3. The minimum absolute atomic E-state index is 0.0246. The van der Waals surface area contributed by atoms with Crippen LogP contribution in [0.25, 0.3) is 0 Å². The summed E-state index contributed by atoms with van der Waals surface area (Å²) >= 11 is 2.10. The summed E-state index contributed by atoms with van der Waals surface area (Å²) in [4.78, 5) is 75.9. The van der Waals surface area contributed by atoms with Gasteiger partial charge in [-0.25, -0.2) is 0 Å². The number of nitrogens with zero attached hydrogens (tertiary/aromatic N) is 2. The van der Waals surface area contributed by atoms with Gasteiger partial charge in [0, 0.05) is 32.2 Å². The van der Waals surface area contributed by atoms with E-state index in [2.05, 4.69) is 33.2 Å². The second kappa shape index (κ2) is 21.6. The van der Waals surface area contributed by atoms with Crippen molar-refractivity contribution in [2.45, 2.75) is 100 Å². The van der Waals surface area contributed by atoms with E-state index in [0.29, 0.717) is 50.4 Å². The van der Waals surface area contributed by atoms with Gasteiger partial charge in [-0.3, -0.25) is 28.9 Å². The quantitative estimate of drug-likeness (QED) is 0.0746. The molecule has 60 heavy (non-hydrogen) atoms. The Bertz CT molecular complexity index is 1920. The summed E-state index contributed by atoms with van der Waals surface area (Å²) in [5, 5.41) is 17.2. The highest BCUT2D eigenvalue weighted by atomic mass is 127. The number of morpholine rings is 1. The highest BCUT2D eigenvalue weighted by Gasteiger charge is 2.53.